The maximum atomic E-state index is 4.89. The second-order valence-corrected chi connectivity index (χ2v) is 9.36. The van der Waals surface area contributed by atoms with Crippen LogP contribution in [0.3, 0.4) is 0 Å². The van der Waals surface area contributed by atoms with Gasteiger partial charge in [-0.05, 0) is 36.4 Å². The van der Waals surface area contributed by atoms with E-state index in [1.165, 1.54) is 15.9 Å². The Labute approximate surface area is 147 Å². The fourth-order valence-corrected chi connectivity index (χ4v) is 7.38. The van der Waals surface area contributed by atoms with Gasteiger partial charge < -0.3 is 0 Å². The second-order valence-electron chi connectivity index (χ2n) is 5.87. The molecule has 4 rings (SSSR count). The Bertz CT molecular complexity index is 813. The van der Waals surface area contributed by atoms with Crippen molar-refractivity contribution in [3.63, 3.8) is 0 Å². The molecular formula is C21H18N2OP+. The third kappa shape index (κ3) is 2.99. The summed E-state index contributed by atoms with van der Waals surface area (Å²) in [5.41, 5.74) is 0.880. The number of rotatable bonds is 5. The van der Waals surface area contributed by atoms with Gasteiger partial charge in [-0.25, -0.2) is 4.63 Å². The van der Waals surface area contributed by atoms with Gasteiger partial charge in [-0.15, -0.1) is 0 Å². The molecule has 0 aliphatic carbocycles. The summed E-state index contributed by atoms with van der Waals surface area (Å²) in [5, 5.41) is 11.9. The Morgan fingerprint density at radius 2 is 1.08 bits per heavy atom. The predicted octanol–water partition coefficient (Wildman–Crippen LogP) is 3.56. The van der Waals surface area contributed by atoms with Crippen molar-refractivity contribution in [2.45, 2.75) is 6.16 Å². The minimum Gasteiger partial charge on any atom is -0.244 e. The molecule has 0 radical (unpaired) electrons. The van der Waals surface area contributed by atoms with Crippen molar-refractivity contribution in [3.8, 4) is 0 Å². The summed E-state index contributed by atoms with van der Waals surface area (Å²) < 4.78 is 4.89. The highest BCUT2D eigenvalue weighted by Crippen LogP contribution is 2.57. The summed E-state index contributed by atoms with van der Waals surface area (Å²) in [7, 11) is -1.90. The van der Waals surface area contributed by atoms with Crippen LogP contribution in [0.4, 0.5) is 0 Å². The van der Waals surface area contributed by atoms with Gasteiger partial charge in [0.1, 0.15) is 35.0 Å². The maximum Gasteiger partial charge on any atom is 0.143 e. The van der Waals surface area contributed by atoms with Crippen molar-refractivity contribution in [1.82, 2.24) is 10.3 Å². The Kier molecular flexibility index (Phi) is 4.41. The van der Waals surface area contributed by atoms with Crippen LogP contribution < -0.4 is 15.9 Å². The van der Waals surface area contributed by atoms with Gasteiger partial charge in [0.2, 0.25) is 0 Å². The molecule has 0 N–H and O–H groups in total. The van der Waals surface area contributed by atoms with E-state index in [2.05, 4.69) is 101 Å². The van der Waals surface area contributed by atoms with Crippen LogP contribution in [0.25, 0.3) is 0 Å². The van der Waals surface area contributed by atoms with Crippen LogP contribution >= 0.6 is 7.26 Å². The highest BCUT2D eigenvalue weighted by Gasteiger charge is 2.46. The van der Waals surface area contributed by atoms with Gasteiger partial charge >= 0.3 is 0 Å². The first-order valence-corrected chi connectivity index (χ1v) is 10.2. The Balaban J connectivity index is 2.01. The lowest BCUT2D eigenvalue weighted by Crippen LogP contribution is -2.32. The fraction of sp³-hybridized carbons (Fsp3) is 0.0476. The molecule has 0 bridgehead atoms. The van der Waals surface area contributed by atoms with Gasteiger partial charge in [0.15, 0.2) is 0 Å². The first kappa shape index (κ1) is 15.7. The van der Waals surface area contributed by atoms with Crippen LogP contribution in [-0.2, 0) is 6.16 Å². The van der Waals surface area contributed by atoms with Crippen LogP contribution in [0.1, 0.15) is 5.69 Å². The number of hydrogen-bond donors (Lipinski definition) is 0. The number of benzene rings is 3. The topological polar surface area (TPSA) is 38.9 Å². The zero-order valence-corrected chi connectivity index (χ0v) is 14.6. The molecule has 0 amide bonds. The van der Waals surface area contributed by atoms with E-state index in [4.69, 9.17) is 4.63 Å². The van der Waals surface area contributed by atoms with Crippen molar-refractivity contribution in [3.05, 3.63) is 103 Å². The molecule has 4 aromatic rings. The van der Waals surface area contributed by atoms with Crippen LogP contribution in [0.5, 0.6) is 0 Å². The van der Waals surface area contributed by atoms with E-state index in [0.29, 0.717) is 0 Å². The van der Waals surface area contributed by atoms with Crippen molar-refractivity contribution in [2.24, 2.45) is 0 Å². The Morgan fingerprint density at radius 1 is 0.640 bits per heavy atom. The summed E-state index contributed by atoms with van der Waals surface area (Å²) >= 11 is 0. The molecule has 0 atom stereocenters. The number of hydrogen-bond acceptors (Lipinski definition) is 3. The fourth-order valence-electron chi connectivity index (χ4n) is 3.27. The lowest BCUT2D eigenvalue weighted by Gasteiger charge is -2.26. The standard InChI is InChI=1S/C21H18N2OP/c1-4-10-19(11-5-1)25(17-18-16-22-24-23-18,20-12-6-2-7-13-20)21-14-8-3-9-15-21/h1-16H,17H2/q+1. The lowest BCUT2D eigenvalue weighted by molar-refractivity contribution is 0.304. The monoisotopic (exact) mass is 345 g/mol. The molecular weight excluding hydrogens is 327 g/mol. The first-order chi connectivity index (χ1) is 12.4. The van der Waals surface area contributed by atoms with E-state index in [1.54, 1.807) is 6.20 Å². The predicted molar refractivity (Wildman–Crippen MR) is 103 cm³/mol. The summed E-state index contributed by atoms with van der Waals surface area (Å²) in [5.74, 6) is 0. The normalized spacial score (nSPS) is 11.4. The van der Waals surface area contributed by atoms with Crippen LogP contribution in [-0.4, -0.2) is 10.3 Å². The molecule has 3 aromatic carbocycles. The molecule has 0 spiro atoms. The smallest absolute Gasteiger partial charge is 0.143 e. The summed E-state index contributed by atoms with van der Waals surface area (Å²) in [4.78, 5) is 0. The zero-order valence-electron chi connectivity index (χ0n) is 13.7. The Hall–Kier alpha value is -2.77. The maximum absolute atomic E-state index is 4.89. The van der Waals surface area contributed by atoms with E-state index in [1.807, 2.05) is 0 Å². The van der Waals surface area contributed by atoms with E-state index in [0.717, 1.165) is 11.9 Å². The summed E-state index contributed by atoms with van der Waals surface area (Å²) in [6.45, 7) is 0. The van der Waals surface area contributed by atoms with Gasteiger partial charge in [-0.1, -0.05) is 64.9 Å². The van der Waals surface area contributed by atoms with Gasteiger partial charge in [-0.3, -0.25) is 0 Å². The minimum atomic E-state index is -1.90. The van der Waals surface area contributed by atoms with E-state index < -0.39 is 7.26 Å². The van der Waals surface area contributed by atoms with Gasteiger partial charge in [0.25, 0.3) is 0 Å². The van der Waals surface area contributed by atoms with Crippen LogP contribution in [0, 0.1) is 0 Å². The molecule has 25 heavy (non-hydrogen) atoms. The molecule has 3 nitrogen and oxygen atoms in total. The molecule has 0 unspecified atom stereocenters. The molecule has 4 heteroatoms. The molecule has 0 fully saturated rings. The molecule has 0 aliphatic rings. The molecule has 1 aromatic heterocycles. The van der Waals surface area contributed by atoms with Crippen LogP contribution in [0.2, 0.25) is 0 Å². The third-order valence-electron chi connectivity index (χ3n) is 4.40. The highest BCUT2D eigenvalue weighted by atomic mass is 31.2. The SMILES string of the molecule is c1ccc([P+](Cc2cnon2)(c2ccccc2)c2ccccc2)cc1. The lowest BCUT2D eigenvalue weighted by atomic mass is 10.4. The average molecular weight is 345 g/mol. The van der Waals surface area contributed by atoms with E-state index in [9.17, 15) is 0 Å². The first-order valence-electron chi connectivity index (χ1n) is 8.21. The zero-order chi connectivity index (χ0) is 17.0. The highest BCUT2D eigenvalue weighted by molar-refractivity contribution is 7.95. The number of nitrogens with zero attached hydrogens (tertiary/aromatic N) is 2. The molecule has 0 aliphatic heterocycles. The minimum absolute atomic E-state index is 0.786. The van der Waals surface area contributed by atoms with Crippen molar-refractivity contribution < 1.29 is 4.63 Å². The quantitative estimate of drug-likeness (QED) is 0.519. The van der Waals surface area contributed by atoms with E-state index >= 15 is 0 Å². The van der Waals surface area contributed by atoms with Crippen molar-refractivity contribution in [2.75, 3.05) is 0 Å². The largest absolute Gasteiger partial charge is 0.244 e. The number of aromatic nitrogens is 2. The third-order valence-corrected chi connectivity index (χ3v) is 8.73. The molecule has 0 saturated heterocycles. The molecule has 122 valence electrons. The second kappa shape index (κ2) is 7.00. The summed E-state index contributed by atoms with van der Waals surface area (Å²) in [6, 6.07) is 32.2. The van der Waals surface area contributed by atoms with Gasteiger partial charge in [0.05, 0.1) is 6.20 Å². The average Bonchev–Trinajstić information content (AvgIpc) is 3.21. The molecule has 1 heterocycles. The van der Waals surface area contributed by atoms with Gasteiger partial charge in [0, 0.05) is 0 Å². The van der Waals surface area contributed by atoms with E-state index in [-0.39, 0.29) is 0 Å². The molecule has 0 saturated carbocycles. The van der Waals surface area contributed by atoms with Crippen molar-refractivity contribution in [1.29, 1.82) is 0 Å². The Morgan fingerprint density at radius 3 is 1.44 bits per heavy atom. The van der Waals surface area contributed by atoms with Crippen LogP contribution in [0.15, 0.2) is 102 Å². The van der Waals surface area contributed by atoms with Gasteiger partial charge in [-0.2, -0.15) is 0 Å². The van der Waals surface area contributed by atoms with Crippen molar-refractivity contribution >= 4 is 23.2 Å². The summed E-state index contributed by atoms with van der Waals surface area (Å²) in [6.07, 6.45) is 2.51.